The average molecular weight is 749 g/mol. The van der Waals surface area contributed by atoms with Crippen molar-refractivity contribution in [3.63, 3.8) is 0 Å². The molecule has 1 aliphatic carbocycles. The smallest absolute Gasteiger partial charge is 0.416 e. The number of amides is 1. The summed E-state index contributed by atoms with van der Waals surface area (Å²) in [7, 11) is 1.37. The maximum Gasteiger partial charge on any atom is 0.416 e. The summed E-state index contributed by atoms with van der Waals surface area (Å²) in [4.78, 5) is 30.0. The molecule has 9 nitrogen and oxygen atoms in total. The maximum absolute atomic E-state index is 14.2. The van der Waals surface area contributed by atoms with E-state index in [0.29, 0.717) is 44.2 Å². The summed E-state index contributed by atoms with van der Waals surface area (Å²) in [5.41, 5.74) is -4.54. The first-order chi connectivity index (χ1) is 24.3. The van der Waals surface area contributed by atoms with Gasteiger partial charge in [0.25, 0.3) is 5.95 Å². The number of halogens is 9. The third-order valence-corrected chi connectivity index (χ3v) is 9.63. The lowest BCUT2D eigenvalue weighted by Gasteiger charge is -2.46. The molecule has 18 heteroatoms. The number of ether oxygens (including phenoxy) is 1. The van der Waals surface area contributed by atoms with Crippen LogP contribution in [0, 0.1) is 11.8 Å². The molecule has 52 heavy (non-hydrogen) atoms. The molecule has 0 N–H and O–H groups in total. The zero-order valence-corrected chi connectivity index (χ0v) is 28.4. The van der Waals surface area contributed by atoms with Crippen LogP contribution in [0.1, 0.15) is 92.7 Å². The van der Waals surface area contributed by atoms with Gasteiger partial charge in [-0.15, -0.1) is 5.10 Å². The summed E-state index contributed by atoms with van der Waals surface area (Å²) in [6.07, 6.45) is -12.7. The summed E-state index contributed by atoms with van der Waals surface area (Å²) in [5, 5.41) is 11.8. The number of alkyl halides is 9. The summed E-state index contributed by atoms with van der Waals surface area (Å²) in [6, 6.07) is 2.15. The molecular weight excluding hydrogens is 711 g/mol. The van der Waals surface area contributed by atoms with Gasteiger partial charge in [-0.3, -0.25) is 9.59 Å². The summed E-state index contributed by atoms with van der Waals surface area (Å²) in [6.45, 7) is 3.04. The van der Waals surface area contributed by atoms with Crippen molar-refractivity contribution in [1.82, 2.24) is 20.2 Å². The van der Waals surface area contributed by atoms with Gasteiger partial charge in [0.05, 0.1) is 36.4 Å². The number of tetrazole rings is 1. The van der Waals surface area contributed by atoms with Gasteiger partial charge in [-0.1, -0.05) is 12.0 Å². The van der Waals surface area contributed by atoms with E-state index in [1.54, 1.807) is 13.8 Å². The second-order valence-electron chi connectivity index (χ2n) is 13.1. The molecule has 1 unspecified atom stereocenters. The molecule has 0 saturated heterocycles. The number of fused-ring (bicyclic) bond motifs is 1. The van der Waals surface area contributed by atoms with Crippen LogP contribution in [0.15, 0.2) is 36.4 Å². The van der Waals surface area contributed by atoms with E-state index < -0.39 is 65.3 Å². The van der Waals surface area contributed by atoms with Gasteiger partial charge in [-0.05, 0) is 104 Å². The Morgan fingerprint density at radius 3 is 2.00 bits per heavy atom. The Hall–Kier alpha value is -4.38. The van der Waals surface area contributed by atoms with Gasteiger partial charge in [-0.25, -0.2) is 0 Å². The standard InChI is InChI=1S/C34H37F9N6O3/c1-4-25-17-28(48(31-44-46-47(3)45-31)18-20-12-23(33(38,39)40)15-24(13-20)34(41,42)43)26-16-22(32(35,36)37)10-11-27(26)49(25)30(51)21-8-6-19(7-9-21)14-29(50)52-5-2/h10-13,15-16,19,21,25,28H,4-9,14,17-18H2,1-3H3/t19?,21?,25-,28?/m1/s1. The molecule has 2 aromatic carbocycles. The van der Waals surface area contributed by atoms with E-state index in [1.807, 2.05) is 0 Å². The van der Waals surface area contributed by atoms with Crippen LogP contribution >= 0.6 is 0 Å². The van der Waals surface area contributed by atoms with Crippen LogP contribution < -0.4 is 9.80 Å². The number of esters is 1. The van der Waals surface area contributed by atoms with E-state index >= 15 is 0 Å². The highest BCUT2D eigenvalue weighted by Crippen LogP contribution is 2.47. The minimum Gasteiger partial charge on any atom is -0.466 e. The monoisotopic (exact) mass is 748 g/mol. The second kappa shape index (κ2) is 14.9. The number of hydrogen-bond donors (Lipinski definition) is 0. The lowest BCUT2D eigenvalue weighted by atomic mass is 9.79. The van der Waals surface area contributed by atoms with Gasteiger partial charge >= 0.3 is 24.5 Å². The maximum atomic E-state index is 14.2. The minimum absolute atomic E-state index is 0.0130. The summed E-state index contributed by atoms with van der Waals surface area (Å²) in [5.74, 6) is -1.39. The molecule has 0 spiro atoms. The molecule has 5 rings (SSSR count). The topological polar surface area (TPSA) is 93.5 Å². The van der Waals surface area contributed by atoms with E-state index in [-0.39, 0.29) is 60.5 Å². The molecule has 1 saturated carbocycles. The van der Waals surface area contributed by atoms with Crippen molar-refractivity contribution in [1.29, 1.82) is 0 Å². The number of carbonyl (C=O) groups is 2. The Kier molecular flexibility index (Phi) is 11.2. The first-order valence-corrected chi connectivity index (χ1v) is 16.8. The van der Waals surface area contributed by atoms with Crippen LogP contribution in [0.3, 0.4) is 0 Å². The molecule has 0 radical (unpaired) electrons. The number of aromatic nitrogens is 4. The van der Waals surface area contributed by atoms with Crippen LogP contribution in [0.5, 0.6) is 0 Å². The molecule has 1 aliphatic heterocycles. The molecular formula is C34H37F9N6O3. The molecule has 1 amide bonds. The van der Waals surface area contributed by atoms with Crippen LogP contribution in [-0.2, 0) is 46.4 Å². The molecule has 284 valence electrons. The minimum atomic E-state index is -5.14. The Morgan fingerprint density at radius 1 is 0.865 bits per heavy atom. The van der Waals surface area contributed by atoms with Crippen molar-refractivity contribution in [2.24, 2.45) is 18.9 Å². The van der Waals surface area contributed by atoms with E-state index in [0.717, 1.165) is 16.9 Å². The van der Waals surface area contributed by atoms with Gasteiger partial charge in [-0.2, -0.15) is 44.3 Å². The first kappa shape index (κ1) is 38.8. The van der Waals surface area contributed by atoms with Gasteiger partial charge in [0, 0.05) is 30.6 Å². The Balaban J connectivity index is 1.57. The number of hydrogen-bond acceptors (Lipinski definition) is 7. The number of anilines is 2. The SMILES string of the molecule is CCOC(=O)CC1CCC(C(=O)N2c3ccc(C(F)(F)F)cc3C(N(Cc3cc(C(F)(F)F)cc(C(F)(F)F)c3)c3nnn(C)n3)C[C@H]2CC)CC1. The van der Waals surface area contributed by atoms with Gasteiger partial charge < -0.3 is 14.5 Å². The van der Waals surface area contributed by atoms with Gasteiger partial charge in [0.1, 0.15) is 0 Å². The predicted molar refractivity (Wildman–Crippen MR) is 168 cm³/mol. The fourth-order valence-corrected chi connectivity index (χ4v) is 7.13. The number of aryl methyl sites for hydroxylation is 1. The van der Waals surface area contributed by atoms with Gasteiger partial charge in [0.2, 0.25) is 5.91 Å². The Bertz CT molecular complexity index is 1720. The van der Waals surface area contributed by atoms with E-state index in [2.05, 4.69) is 15.4 Å². The zero-order valence-electron chi connectivity index (χ0n) is 28.4. The quantitative estimate of drug-likeness (QED) is 0.161. The van der Waals surface area contributed by atoms with E-state index in [9.17, 15) is 49.1 Å². The zero-order chi connectivity index (χ0) is 38.2. The number of rotatable bonds is 9. The molecule has 2 heterocycles. The highest BCUT2D eigenvalue weighted by Gasteiger charge is 2.44. The normalized spacial score (nSPS) is 21.1. The highest BCUT2D eigenvalue weighted by atomic mass is 19.4. The molecule has 2 aliphatic rings. The van der Waals surface area contributed by atoms with Crippen molar-refractivity contribution in [3.8, 4) is 0 Å². The largest absolute Gasteiger partial charge is 0.466 e. The molecule has 2 atom stereocenters. The number of nitrogens with zero attached hydrogens (tertiary/aromatic N) is 6. The number of benzene rings is 2. The molecule has 1 aromatic heterocycles. The fourth-order valence-electron chi connectivity index (χ4n) is 7.13. The third kappa shape index (κ3) is 8.62. The van der Waals surface area contributed by atoms with Crippen molar-refractivity contribution in [2.75, 3.05) is 16.4 Å². The van der Waals surface area contributed by atoms with E-state index in [1.165, 1.54) is 22.9 Å². The van der Waals surface area contributed by atoms with Crippen molar-refractivity contribution < 1.29 is 53.8 Å². The molecule has 3 aromatic rings. The third-order valence-electron chi connectivity index (χ3n) is 9.63. The number of carbonyl (C=O) groups excluding carboxylic acids is 2. The van der Waals surface area contributed by atoms with Crippen molar-refractivity contribution in [2.45, 2.75) is 96.0 Å². The van der Waals surface area contributed by atoms with Crippen molar-refractivity contribution >= 4 is 23.5 Å². The summed E-state index contributed by atoms with van der Waals surface area (Å²) >= 11 is 0. The second-order valence-corrected chi connectivity index (χ2v) is 13.1. The lowest BCUT2D eigenvalue weighted by molar-refractivity contribution is -0.145. The average Bonchev–Trinajstić information content (AvgIpc) is 3.50. The lowest BCUT2D eigenvalue weighted by Crippen LogP contribution is -2.50. The first-order valence-electron chi connectivity index (χ1n) is 16.8. The predicted octanol–water partition coefficient (Wildman–Crippen LogP) is 8.29. The van der Waals surface area contributed by atoms with Crippen LogP contribution in [0.2, 0.25) is 0 Å². The van der Waals surface area contributed by atoms with Crippen LogP contribution in [0.25, 0.3) is 0 Å². The van der Waals surface area contributed by atoms with Crippen molar-refractivity contribution in [3.05, 3.63) is 64.2 Å². The summed E-state index contributed by atoms with van der Waals surface area (Å²) < 4.78 is 130. The molecule has 0 bridgehead atoms. The van der Waals surface area contributed by atoms with Crippen LogP contribution in [0.4, 0.5) is 51.1 Å². The molecule has 1 fully saturated rings. The highest BCUT2D eigenvalue weighted by molar-refractivity contribution is 5.97. The Morgan fingerprint density at radius 2 is 1.48 bits per heavy atom. The fraction of sp³-hybridized carbons (Fsp3) is 0.559. The van der Waals surface area contributed by atoms with Crippen LogP contribution in [-0.4, -0.2) is 44.7 Å². The van der Waals surface area contributed by atoms with E-state index in [4.69, 9.17) is 4.74 Å². The van der Waals surface area contributed by atoms with Gasteiger partial charge in [0.15, 0.2) is 0 Å². The Labute approximate surface area is 293 Å².